The predicted molar refractivity (Wildman–Crippen MR) is 116 cm³/mol. The van der Waals surface area contributed by atoms with Gasteiger partial charge in [-0.1, -0.05) is 30.3 Å². The Morgan fingerprint density at radius 2 is 1.87 bits per heavy atom. The van der Waals surface area contributed by atoms with Crippen LogP contribution in [0.25, 0.3) is 0 Å². The Bertz CT molecular complexity index is 1130. The minimum Gasteiger partial charge on any atom is -0.497 e. The zero-order valence-electron chi connectivity index (χ0n) is 17.4. The summed E-state index contributed by atoms with van der Waals surface area (Å²) in [4.78, 5) is 27.7. The fourth-order valence-electron chi connectivity index (χ4n) is 3.91. The molecule has 1 aliphatic heterocycles. The summed E-state index contributed by atoms with van der Waals surface area (Å²) in [5.74, 6) is -0.00146. The highest BCUT2D eigenvalue weighted by atomic mass is 19.1. The number of ether oxygens (including phenoxy) is 1. The van der Waals surface area contributed by atoms with E-state index in [1.807, 2.05) is 48.5 Å². The molecule has 0 bridgehead atoms. The van der Waals surface area contributed by atoms with Crippen LogP contribution in [0.2, 0.25) is 0 Å². The van der Waals surface area contributed by atoms with Crippen molar-refractivity contribution in [1.82, 2.24) is 4.90 Å². The standard InChI is InChI=1S/C25H23FN2O3/c1-16-13-19(26)9-12-22(16)27-24(29)14-23(17-7-10-20(31-2)11-8-17)28-15-18-5-3-4-6-21(18)25(28)30/h3-13,23H,14-15H2,1-2H3,(H,27,29)/t23-/m1/s1. The number of nitrogens with zero attached hydrogens (tertiary/aromatic N) is 1. The molecule has 0 radical (unpaired) electrons. The summed E-state index contributed by atoms with van der Waals surface area (Å²) in [5.41, 5.74) is 3.64. The molecular formula is C25H23FN2O3. The van der Waals surface area contributed by atoms with Gasteiger partial charge in [-0.05, 0) is 60.0 Å². The molecule has 6 heteroatoms. The molecule has 4 rings (SSSR count). The molecule has 1 N–H and O–H groups in total. The molecule has 5 nitrogen and oxygen atoms in total. The summed E-state index contributed by atoms with van der Waals surface area (Å²) in [6.07, 6.45) is 0.0723. The summed E-state index contributed by atoms with van der Waals surface area (Å²) in [6.45, 7) is 2.18. The maximum Gasteiger partial charge on any atom is 0.255 e. The van der Waals surface area contributed by atoms with Gasteiger partial charge in [0, 0.05) is 17.8 Å². The van der Waals surface area contributed by atoms with E-state index in [9.17, 15) is 14.0 Å². The average Bonchev–Trinajstić information content (AvgIpc) is 3.11. The first-order valence-corrected chi connectivity index (χ1v) is 10.0. The Kier molecular flexibility index (Phi) is 5.71. The van der Waals surface area contributed by atoms with Gasteiger partial charge in [0.2, 0.25) is 5.91 Å². The first-order chi connectivity index (χ1) is 15.0. The molecule has 0 fully saturated rings. The average molecular weight is 418 g/mol. The zero-order valence-corrected chi connectivity index (χ0v) is 17.4. The molecule has 0 saturated heterocycles. The summed E-state index contributed by atoms with van der Waals surface area (Å²) in [5, 5.41) is 2.85. The zero-order chi connectivity index (χ0) is 22.0. The number of rotatable bonds is 6. The number of anilines is 1. The van der Waals surface area contributed by atoms with Crippen LogP contribution in [0.3, 0.4) is 0 Å². The minimum atomic E-state index is -0.452. The normalized spacial score (nSPS) is 13.6. The molecule has 3 aromatic rings. The molecule has 2 amide bonds. The van der Waals surface area contributed by atoms with E-state index in [4.69, 9.17) is 4.74 Å². The Morgan fingerprint density at radius 1 is 1.13 bits per heavy atom. The number of aryl methyl sites for hydroxylation is 1. The largest absolute Gasteiger partial charge is 0.497 e. The van der Waals surface area contributed by atoms with E-state index >= 15 is 0 Å². The molecule has 3 aromatic carbocycles. The highest BCUT2D eigenvalue weighted by molar-refractivity contribution is 5.99. The number of fused-ring (bicyclic) bond motifs is 1. The number of nitrogens with one attached hydrogen (secondary N) is 1. The third-order valence-electron chi connectivity index (χ3n) is 5.57. The van der Waals surface area contributed by atoms with E-state index in [1.165, 1.54) is 12.1 Å². The van der Waals surface area contributed by atoms with Crippen LogP contribution in [0.15, 0.2) is 66.7 Å². The van der Waals surface area contributed by atoms with Gasteiger partial charge < -0.3 is 15.0 Å². The van der Waals surface area contributed by atoms with Crippen LogP contribution in [0.5, 0.6) is 5.75 Å². The Morgan fingerprint density at radius 3 is 2.55 bits per heavy atom. The van der Waals surface area contributed by atoms with Crippen molar-refractivity contribution in [1.29, 1.82) is 0 Å². The van der Waals surface area contributed by atoms with Gasteiger partial charge in [-0.2, -0.15) is 0 Å². The van der Waals surface area contributed by atoms with Gasteiger partial charge in [0.15, 0.2) is 0 Å². The number of benzene rings is 3. The van der Waals surface area contributed by atoms with Crippen LogP contribution >= 0.6 is 0 Å². The molecule has 1 atom stereocenters. The lowest BCUT2D eigenvalue weighted by molar-refractivity contribution is -0.117. The Hall–Kier alpha value is -3.67. The van der Waals surface area contributed by atoms with Crippen molar-refractivity contribution < 1.29 is 18.7 Å². The van der Waals surface area contributed by atoms with Crippen LogP contribution in [0.4, 0.5) is 10.1 Å². The molecule has 0 spiro atoms. The number of amides is 2. The highest BCUT2D eigenvalue weighted by Crippen LogP contribution is 2.34. The van der Waals surface area contributed by atoms with Crippen molar-refractivity contribution in [2.75, 3.05) is 12.4 Å². The maximum atomic E-state index is 13.4. The lowest BCUT2D eigenvalue weighted by Gasteiger charge is -2.28. The van der Waals surface area contributed by atoms with Gasteiger partial charge in [0.25, 0.3) is 5.91 Å². The van der Waals surface area contributed by atoms with Crippen LogP contribution in [-0.2, 0) is 11.3 Å². The summed E-state index contributed by atoms with van der Waals surface area (Å²) in [6, 6.07) is 18.6. The molecule has 0 saturated carbocycles. The van der Waals surface area contributed by atoms with E-state index in [0.29, 0.717) is 29.1 Å². The second-order valence-corrected chi connectivity index (χ2v) is 7.59. The van der Waals surface area contributed by atoms with E-state index in [2.05, 4.69) is 5.32 Å². The highest BCUT2D eigenvalue weighted by Gasteiger charge is 2.34. The van der Waals surface area contributed by atoms with E-state index in [0.717, 1.165) is 11.1 Å². The van der Waals surface area contributed by atoms with Gasteiger partial charge in [0.1, 0.15) is 11.6 Å². The smallest absolute Gasteiger partial charge is 0.255 e. The Labute approximate surface area is 180 Å². The lowest BCUT2D eigenvalue weighted by atomic mass is 10.0. The van der Waals surface area contributed by atoms with Gasteiger partial charge in [-0.15, -0.1) is 0 Å². The van der Waals surface area contributed by atoms with Gasteiger partial charge in [-0.25, -0.2) is 4.39 Å². The molecule has 0 unspecified atom stereocenters. The van der Waals surface area contributed by atoms with Crippen molar-refractivity contribution in [3.63, 3.8) is 0 Å². The first kappa shape index (κ1) is 20.6. The number of methoxy groups -OCH3 is 1. The monoisotopic (exact) mass is 418 g/mol. The molecule has 31 heavy (non-hydrogen) atoms. The van der Waals surface area contributed by atoms with Crippen LogP contribution in [0, 0.1) is 12.7 Å². The van der Waals surface area contributed by atoms with Gasteiger partial charge >= 0.3 is 0 Å². The third-order valence-corrected chi connectivity index (χ3v) is 5.57. The Balaban J connectivity index is 1.61. The molecule has 158 valence electrons. The van der Waals surface area contributed by atoms with Crippen LogP contribution in [-0.4, -0.2) is 23.8 Å². The molecule has 1 heterocycles. The SMILES string of the molecule is COc1ccc([C@@H](CC(=O)Nc2ccc(F)cc2C)N2Cc3ccccc3C2=O)cc1. The number of carbonyl (C=O) groups is 2. The maximum absolute atomic E-state index is 13.4. The van der Waals surface area contributed by atoms with Gasteiger partial charge in [0.05, 0.1) is 19.6 Å². The quantitative estimate of drug-likeness (QED) is 0.621. The van der Waals surface area contributed by atoms with Crippen LogP contribution in [0.1, 0.15) is 39.5 Å². The van der Waals surface area contributed by atoms with Crippen molar-refractivity contribution in [3.8, 4) is 5.75 Å². The number of halogens is 1. The van der Waals surface area contributed by atoms with E-state index in [-0.39, 0.29) is 24.1 Å². The summed E-state index contributed by atoms with van der Waals surface area (Å²) < 4.78 is 18.6. The van der Waals surface area contributed by atoms with Crippen molar-refractivity contribution in [3.05, 3.63) is 94.8 Å². The molecule has 0 aromatic heterocycles. The number of hydrogen-bond acceptors (Lipinski definition) is 3. The van der Waals surface area contributed by atoms with Gasteiger partial charge in [-0.3, -0.25) is 9.59 Å². The lowest BCUT2D eigenvalue weighted by Crippen LogP contribution is -2.32. The fourth-order valence-corrected chi connectivity index (χ4v) is 3.91. The second-order valence-electron chi connectivity index (χ2n) is 7.59. The number of hydrogen-bond donors (Lipinski definition) is 1. The van der Waals surface area contributed by atoms with Crippen molar-refractivity contribution in [2.45, 2.75) is 25.9 Å². The number of carbonyl (C=O) groups excluding carboxylic acids is 2. The molecular weight excluding hydrogens is 395 g/mol. The van der Waals surface area contributed by atoms with Crippen LogP contribution < -0.4 is 10.1 Å². The van der Waals surface area contributed by atoms with Crippen molar-refractivity contribution >= 4 is 17.5 Å². The minimum absolute atomic E-state index is 0.0723. The summed E-state index contributed by atoms with van der Waals surface area (Å²) >= 11 is 0. The summed E-state index contributed by atoms with van der Waals surface area (Å²) in [7, 11) is 1.59. The third kappa shape index (κ3) is 4.28. The molecule has 0 aliphatic carbocycles. The molecule has 1 aliphatic rings. The predicted octanol–water partition coefficient (Wildman–Crippen LogP) is 4.87. The van der Waals surface area contributed by atoms with Crippen molar-refractivity contribution in [2.24, 2.45) is 0 Å². The van der Waals surface area contributed by atoms with E-state index < -0.39 is 6.04 Å². The van der Waals surface area contributed by atoms with E-state index in [1.54, 1.807) is 25.0 Å². The fraction of sp³-hybridized carbons (Fsp3) is 0.200. The second kappa shape index (κ2) is 8.60. The first-order valence-electron chi connectivity index (χ1n) is 10.0. The topological polar surface area (TPSA) is 58.6 Å².